The topological polar surface area (TPSA) is 84.9 Å². The van der Waals surface area contributed by atoms with Gasteiger partial charge in [-0.05, 0) is 35.6 Å². The van der Waals surface area contributed by atoms with Crippen LogP contribution in [0.1, 0.15) is 29.8 Å². The largest absolute Gasteiger partial charge is 0.497 e. The molecule has 1 saturated heterocycles. The minimum atomic E-state index is -0.734. The standard InChI is InChI=1S/C21H24N2O5S/c1-13(24)23-17(20(25)22-12-14-6-8-15(27-2)9-7-14)11-16(21(26)28-3)19(23)18-5-4-10-29-18/h4-10,16-17,19H,11-12H2,1-3H3,(H,22,25). The number of hydrogen-bond acceptors (Lipinski definition) is 6. The minimum absolute atomic E-state index is 0.225. The van der Waals surface area contributed by atoms with E-state index in [1.807, 2.05) is 41.8 Å². The zero-order chi connectivity index (χ0) is 21.0. The van der Waals surface area contributed by atoms with E-state index in [4.69, 9.17) is 9.47 Å². The zero-order valence-corrected chi connectivity index (χ0v) is 17.4. The lowest BCUT2D eigenvalue weighted by molar-refractivity contribution is -0.147. The molecule has 0 radical (unpaired) electrons. The fraction of sp³-hybridized carbons (Fsp3) is 0.381. The molecular weight excluding hydrogens is 392 g/mol. The molecule has 1 aliphatic heterocycles. The maximum Gasteiger partial charge on any atom is 0.311 e. The number of rotatable bonds is 6. The van der Waals surface area contributed by atoms with Crippen LogP contribution in [0, 0.1) is 5.92 Å². The lowest BCUT2D eigenvalue weighted by atomic mass is 9.97. The smallest absolute Gasteiger partial charge is 0.311 e. The number of benzene rings is 1. The monoisotopic (exact) mass is 416 g/mol. The highest BCUT2D eigenvalue weighted by molar-refractivity contribution is 7.10. The molecule has 154 valence electrons. The van der Waals surface area contributed by atoms with E-state index in [1.165, 1.54) is 30.3 Å². The van der Waals surface area contributed by atoms with Crippen molar-refractivity contribution in [2.45, 2.75) is 32.0 Å². The van der Waals surface area contributed by atoms with Crippen molar-refractivity contribution in [3.63, 3.8) is 0 Å². The molecule has 7 nitrogen and oxygen atoms in total. The summed E-state index contributed by atoms with van der Waals surface area (Å²) in [5.74, 6) is -0.805. The number of methoxy groups -OCH3 is 2. The van der Waals surface area contributed by atoms with Gasteiger partial charge in [-0.25, -0.2) is 0 Å². The molecule has 0 aliphatic carbocycles. The number of thiophene rings is 1. The Morgan fingerprint density at radius 3 is 2.45 bits per heavy atom. The van der Waals surface area contributed by atoms with Gasteiger partial charge >= 0.3 is 5.97 Å². The Morgan fingerprint density at radius 1 is 1.17 bits per heavy atom. The number of esters is 1. The third kappa shape index (κ3) is 4.42. The molecule has 2 heterocycles. The number of nitrogens with one attached hydrogen (secondary N) is 1. The van der Waals surface area contributed by atoms with Crippen LogP contribution in [0.5, 0.6) is 5.75 Å². The van der Waals surface area contributed by atoms with Crippen molar-refractivity contribution in [2.24, 2.45) is 5.92 Å². The van der Waals surface area contributed by atoms with E-state index in [-0.39, 0.29) is 18.2 Å². The highest BCUT2D eigenvalue weighted by Gasteiger charge is 2.50. The average Bonchev–Trinajstić information content (AvgIpc) is 3.39. The van der Waals surface area contributed by atoms with Gasteiger partial charge in [-0.15, -0.1) is 11.3 Å². The van der Waals surface area contributed by atoms with Crippen LogP contribution < -0.4 is 10.1 Å². The molecule has 1 aromatic carbocycles. The average molecular weight is 416 g/mol. The van der Waals surface area contributed by atoms with Gasteiger partial charge in [-0.3, -0.25) is 14.4 Å². The molecule has 0 bridgehead atoms. The van der Waals surface area contributed by atoms with Crippen LogP contribution in [0.2, 0.25) is 0 Å². The highest BCUT2D eigenvalue weighted by Crippen LogP contribution is 2.43. The van der Waals surface area contributed by atoms with Crippen molar-refractivity contribution in [2.75, 3.05) is 14.2 Å². The van der Waals surface area contributed by atoms with Crippen molar-refractivity contribution in [1.82, 2.24) is 10.2 Å². The summed E-state index contributed by atoms with van der Waals surface area (Å²) in [6, 6.07) is 9.86. The van der Waals surface area contributed by atoms with Gasteiger partial charge in [0.2, 0.25) is 11.8 Å². The van der Waals surface area contributed by atoms with Crippen molar-refractivity contribution >= 4 is 29.1 Å². The summed E-state index contributed by atoms with van der Waals surface area (Å²) in [5, 5.41) is 4.77. The molecule has 2 amide bonds. The summed E-state index contributed by atoms with van der Waals surface area (Å²) in [6.45, 7) is 1.74. The first kappa shape index (κ1) is 20.9. The summed E-state index contributed by atoms with van der Waals surface area (Å²) in [4.78, 5) is 40.2. The fourth-order valence-corrected chi connectivity index (χ4v) is 4.63. The summed E-state index contributed by atoms with van der Waals surface area (Å²) in [6.07, 6.45) is 0.225. The van der Waals surface area contributed by atoms with Crippen LogP contribution in [0.4, 0.5) is 0 Å². The van der Waals surface area contributed by atoms with Gasteiger partial charge in [0.05, 0.1) is 26.2 Å². The van der Waals surface area contributed by atoms with E-state index in [2.05, 4.69) is 5.32 Å². The summed E-state index contributed by atoms with van der Waals surface area (Å²) >= 11 is 1.46. The molecule has 0 spiro atoms. The first-order chi connectivity index (χ1) is 14.0. The van der Waals surface area contributed by atoms with Gasteiger partial charge in [0, 0.05) is 18.3 Å². The van der Waals surface area contributed by atoms with Crippen molar-refractivity contribution in [3.8, 4) is 5.75 Å². The van der Waals surface area contributed by atoms with Crippen molar-refractivity contribution in [1.29, 1.82) is 0 Å². The Bertz CT molecular complexity index is 866. The highest BCUT2D eigenvalue weighted by atomic mass is 32.1. The molecule has 1 fully saturated rings. The maximum absolute atomic E-state index is 12.9. The van der Waals surface area contributed by atoms with Gasteiger partial charge in [0.1, 0.15) is 11.8 Å². The molecule has 0 saturated carbocycles. The van der Waals surface area contributed by atoms with Crippen LogP contribution in [0.3, 0.4) is 0 Å². The first-order valence-electron chi connectivity index (χ1n) is 9.27. The lowest BCUT2D eigenvalue weighted by Crippen LogP contribution is -2.45. The third-order valence-corrected chi connectivity index (χ3v) is 6.07. The Hall–Kier alpha value is -2.87. The van der Waals surface area contributed by atoms with Crippen LogP contribution in [-0.2, 0) is 25.7 Å². The Kier molecular flexibility index (Phi) is 6.53. The van der Waals surface area contributed by atoms with Crippen LogP contribution in [-0.4, -0.2) is 42.9 Å². The normalized spacial score (nSPS) is 20.9. The van der Waals surface area contributed by atoms with E-state index in [0.29, 0.717) is 6.54 Å². The fourth-order valence-electron chi connectivity index (χ4n) is 3.74. The van der Waals surface area contributed by atoms with Gasteiger partial charge in [-0.1, -0.05) is 18.2 Å². The molecule has 1 aliphatic rings. The molecule has 1 N–H and O–H groups in total. The molecule has 2 aromatic rings. The first-order valence-corrected chi connectivity index (χ1v) is 10.1. The van der Waals surface area contributed by atoms with Crippen LogP contribution >= 0.6 is 11.3 Å². The van der Waals surface area contributed by atoms with Crippen molar-refractivity contribution in [3.05, 3.63) is 52.2 Å². The van der Waals surface area contributed by atoms with Crippen LogP contribution in [0.15, 0.2) is 41.8 Å². The SMILES string of the molecule is COC(=O)C1CC(C(=O)NCc2ccc(OC)cc2)N(C(C)=O)C1c1cccs1. The number of carbonyl (C=O) groups excluding carboxylic acids is 3. The van der Waals surface area contributed by atoms with E-state index in [9.17, 15) is 14.4 Å². The number of likely N-dealkylation sites (tertiary alicyclic amines) is 1. The third-order valence-electron chi connectivity index (χ3n) is 5.12. The Balaban J connectivity index is 1.79. The maximum atomic E-state index is 12.9. The van der Waals surface area contributed by atoms with Gasteiger partial charge in [-0.2, -0.15) is 0 Å². The zero-order valence-electron chi connectivity index (χ0n) is 16.6. The Labute approximate surface area is 173 Å². The summed E-state index contributed by atoms with van der Waals surface area (Å²) in [7, 11) is 2.91. The lowest BCUT2D eigenvalue weighted by Gasteiger charge is -2.29. The molecule has 3 atom stereocenters. The molecule has 3 rings (SSSR count). The number of hydrogen-bond donors (Lipinski definition) is 1. The molecular formula is C21H24N2O5S. The molecule has 29 heavy (non-hydrogen) atoms. The van der Waals surface area contributed by atoms with E-state index in [1.54, 1.807) is 7.11 Å². The minimum Gasteiger partial charge on any atom is -0.497 e. The second kappa shape index (κ2) is 9.09. The van der Waals surface area contributed by atoms with E-state index in [0.717, 1.165) is 16.2 Å². The van der Waals surface area contributed by atoms with Crippen molar-refractivity contribution < 1.29 is 23.9 Å². The number of ether oxygens (including phenoxy) is 2. The van der Waals surface area contributed by atoms with E-state index >= 15 is 0 Å². The van der Waals surface area contributed by atoms with E-state index < -0.39 is 24.0 Å². The Morgan fingerprint density at radius 2 is 1.90 bits per heavy atom. The summed E-state index contributed by atoms with van der Waals surface area (Å²) in [5.41, 5.74) is 0.908. The number of amides is 2. The predicted octanol–water partition coefficient (Wildman–Crippen LogP) is 2.52. The quantitative estimate of drug-likeness (QED) is 0.732. The number of nitrogens with zero attached hydrogens (tertiary/aromatic N) is 1. The molecule has 3 unspecified atom stereocenters. The van der Waals surface area contributed by atoms with Gasteiger partial charge in [0.25, 0.3) is 0 Å². The second-order valence-corrected chi connectivity index (χ2v) is 7.81. The summed E-state index contributed by atoms with van der Waals surface area (Å²) < 4.78 is 10.1. The predicted molar refractivity (Wildman–Crippen MR) is 108 cm³/mol. The molecule has 1 aromatic heterocycles. The van der Waals surface area contributed by atoms with Crippen LogP contribution in [0.25, 0.3) is 0 Å². The van der Waals surface area contributed by atoms with Gasteiger partial charge in [0.15, 0.2) is 0 Å². The van der Waals surface area contributed by atoms with Gasteiger partial charge < -0.3 is 19.7 Å². The molecule has 8 heteroatoms. The second-order valence-electron chi connectivity index (χ2n) is 6.83. The number of carbonyl (C=O) groups is 3.